The Bertz CT molecular complexity index is 984. The second kappa shape index (κ2) is 13.3. The van der Waals surface area contributed by atoms with Crippen LogP contribution in [-0.2, 0) is 18.3 Å². The van der Waals surface area contributed by atoms with Gasteiger partial charge in [-0.15, -0.1) is 0 Å². The summed E-state index contributed by atoms with van der Waals surface area (Å²) in [6.45, 7) is 5.88. The highest BCUT2D eigenvalue weighted by molar-refractivity contribution is 5.29. The molecule has 0 amide bonds. The monoisotopic (exact) mass is 393 g/mol. The van der Waals surface area contributed by atoms with Crippen LogP contribution >= 0.6 is 0 Å². The molecule has 30 heavy (non-hydrogen) atoms. The van der Waals surface area contributed by atoms with Gasteiger partial charge in [0.2, 0.25) is 0 Å². The van der Waals surface area contributed by atoms with E-state index in [0.717, 1.165) is 16.7 Å². The lowest BCUT2D eigenvalue weighted by Crippen LogP contribution is -2.13. The smallest absolute Gasteiger partial charge is 0.0766 e. The average molecular weight is 394 g/mol. The van der Waals surface area contributed by atoms with E-state index in [2.05, 4.69) is 18.2 Å². The third-order valence-corrected chi connectivity index (χ3v) is 4.30. The Labute approximate surface area is 180 Å². The van der Waals surface area contributed by atoms with E-state index in [0.29, 0.717) is 12.8 Å². The maximum Gasteiger partial charge on any atom is 0.0766 e. The molecular formula is C27H27N3. The molecular weight excluding hydrogens is 366 g/mol. The summed E-state index contributed by atoms with van der Waals surface area (Å²) in [4.78, 5) is 0. The lowest BCUT2D eigenvalue weighted by atomic mass is 9.87. The number of hydrogen-bond donors (Lipinski definition) is 0. The van der Waals surface area contributed by atoms with Gasteiger partial charge in [-0.2, -0.15) is 15.8 Å². The first kappa shape index (κ1) is 24.2. The highest BCUT2D eigenvalue weighted by Gasteiger charge is 2.18. The second-order valence-corrected chi connectivity index (χ2v) is 7.24. The van der Waals surface area contributed by atoms with Gasteiger partial charge in [0.15, 0.2) is 0 Å². The number of hydrogen-bond acceptors (Lipinski definition) is 3. The average Bonchev–Trinajstić information content (AvgIpc) is 2.78. The number of nitriles is 3. The number of rotatable bonds is 3. The van der Waals surface area contributed by atoms with Gasteiger partial charge in [-0.1, -0.05) is 90.5 Å². The zero-order chi connectivity index (χ0) is 22.2. The van der Waals surface area contributed by atoms with Gasteiger partial charge in [0.1, 0.15) is 0 Å². The lowest BCUT2D eigenvalue weighted by Gasteiger charge is -2.14. The molecule has 3 aromatic carbocycles. The van der Waals surface area contributed by atoms with Crippen molar-refractivity contribution in [3.63, 3.8) is 0 Å². The largest absolute Gasteiger partial charge is 0.198 e. The van der Waals surface area contributed by atoms with Crippen LogP contribution in [0.4, 0.5) is 0 Å². The third kappa shape index (κ3) is 9.36. The summed E-state index contributed by atoms with van der Waals surface area (Å²) in [6, 6.07) is 34.0. The molecule has 0 unspecified atom stereocenters. The molecule has 0 saturated carbocycles. The summed E-state index contributed by atoms with van der Waals surface area (Å²) in [5, 5.41) is 25.4. The highest BCUT2D eigenvalue weighted by atomic mass is 14.3. The number of aryl methyl sites for hydroxylation is 1. The maximum atomic E-state index is 8.80. The second-order valence-electron chi connectivity index (χ2n) is 7.24. The van der Waals surface area contributed by atoms with Crippen LogP contribution in [0.15, 0.2) is 84.9 Å². The minimum atomic E-state index is -0.360. The fourth-order valence-electron chi connectivity index (χ4n) is 2.40. The molecule has 0 spiro atoms. The van der Waals surface area contributed by atoms with Gasteiger partial charge in [0.05, 0.1) is 36.5 Å². The Hall–Kier alpha value is -3.87. The fraction of sp³-hybridized carbons (Fsp3) is 0.222. The summed E-state index contributed by atoms with van der Waals surface area (Å²) in [6.07, 6.45) is 1.03. The van der Waals surface area contributed by atoms with E-state index >= 15 is 0 Å². The molecule has 0 atom stereocenters. The van der Waals surface area contributed by atoms with Crippen molar-refractivity contribution >= 4 is 0 Å². The third-order valence-electron chi connectivity index (χ3n) is 4.30. The van der Waals surface area contributed by atoms with Gasteiger partial charge in [0.25, 0.3) is 0 Å². The molecule has 0 aliphatic carbocycles. The quantitative estimate of drug-likeness (QED) is 0.524. The minimum Gasteiger partial charge on any atom is -0.198 e. The Morgan fingerprint density at radius 2 is 1.07 bits per heavy atom. The first-order valence-corrected chi connectivity index (χ1v) is 9.73. The Kier molecular flexibility index (Phi) is 10.7. The van der Waals surface area contributed by atoms with Crippen molar-refractivity contribution < 1.29 is 0 Å². The zero-order valence-corrected chi connectivity index (χ0v) is 17.8. The highest BCUT2D eigenvalue weighted by Crippen LogP contribution is 2.20. The normalized spacial score (nSPS) is 9.33. The van der Waals surface area contributed by atoms with E-state index in [4.69, 9.17) is 15.8 Å². The number of nitrogens with zero attached hydrogens (tertiary/aromatic N) is 3. The fourth-order valence-corrected chi connectivity index (χ4v) is 2.40. The summed E-state index contributed by atoms with van der Waals surface area (Å²) < 4.78 is 0. The molecule has 0 heterocycles. The van der Waals surface area contributed by atoms with Crippen molar-refractivity contribution in [2.24, 2.45) is 0 Å². The Morgan fingerprint density at radius 1 is 0.633 bits per heavy atom. The summed E-state index contributed by atoms with van der Waals surface area (Å²) in [5.41, 5.74) is 4.12. The molecule has 3 rings (SSSR count). The van der Waals surface area contributed by atoms with Crippen LogP contribution in [0.25, 0.3) is 0 Å². The van der Waals surface area contributed by atoms with Gasteiger partial charge in [0, 0.05) is 0 Å². The SMILES string of the molecule is CC(C)(C#N)c1ccccc1.Cc1ccc(CC#N)cc1.N#CCc1ccccc1. The first-order valence-electron chi connectivity index (χ1n) is 9.73. The van der Waals surface area contributed by atoms with E-state index in [1.807, 2.05) is 106 Å². The summed E-state index contributed by atoms with van der Waals surface area (Å²) in [5.74, 6) is 0. The topological polar surface area (TPSA) is 71.4 Å². The van der Waals surface area contributed by atoms with E-state index < -0.39 is 0 Å². The van der Waals surface area contributed by atoms with Crippen LogP contribution in [0.2, 0.25) is 0 Å². The van der Waals surface area contributed by atoms with Crippen molar-refractivity contribution in [1.29, 1.82) is 15.8 Å². The maximum absolute atomic E-state index is 8.80. The number of benzene rings is 3. The van der Waals surface area contributed by atoms with Gasteiger partial charge in [-0.25, -0.2) is 0 Å². The predicted octanol–water partition coefficient (Wildman–Crippen LogP) is 6.30. The molecule has 150 valence electrons. The van der Waals surface area contributed by atoms with Crippen LogP contribution in [0, 0.1) is 40.9 Å². The molecule has 0 aliphatic rings. The van der Waals surface area contributed by atoms with E-state index in [-0.39, 0.29) is 5.41 Å². The van der Waals surface area contributed by atoms with Crippen LogP contribution in [0.3, 0.4) is 0 Å². The first-order chi connectivity index (χ1) is 14.4. The summed E-state index contributed by atoms with van der Waals surface area (Å²) in [7, 11) is 0. The molecule has 0 fully saturated rings. The zero-order valence-electron chi connectivity index (χ0n) is 17.8. The Morgan fingerprint density at radius 3 is 1.50 bits per heavy atom. The van der Waals surface area contributed by atoms with Crippen molar-refractivity contribution in [3.8, 4) is 18.2 Å². The van der Waals surface area contributed by atoms with Crippen LogP contribution < -0.4 is 0 Å². The van der Waals surface area contributed by atoms with Gasteiger partial charge in [-0.3, -0.25) is 0 Å². The standard InChI is InChI=1S/C10H11N.C9H9N.C8H7N/c1-10(2,8-11)9-6-4-3-5-7-9;1-8-2-4-9(5-3-8)6-7-10;9-7-6-8-4-2-1-3-5-8/h3-7H,1-2H3;2-5H,6H2,1H3;1-5H,6H2. The van der Waals surface area contributed by atoms with Crippen LogP contribution in [-0.4, -0.2) is 0 Å². The molecule has 0 aromatic heterocycles. The van der Waals surface area contributed by atoms with Gasteiger partial charge < -0.3 is 0 Å². The van der Waals surface area contributed by atoms with Crippen molar-refractivity contribution in [1.82, 2.24) is 0 Å². The van der Waals surface area contributed by atoms with E-state index in [1.54, 1.807) is 0 Å². The molecule has 0 N–H and O–H groups in total. The molecule has 0 radical (unpaired) electrons. The molecule has 0 saturated heterocycles. The molecule has 0 bridgehead atoms. The van der Waals surface area contributed by atoms with Crippen molar-refractivity contribution in [3.05, 3.63) is 107 Å². The minimum absolute atomic E-state index is 0.360. The molecule has 3 heteroatoms. The van der Waals surface area contributed by atoms with Crippen LogP contribution in [0.5, 0.6) is 0 Å². The summed E-state index contributed by atoms with van der Waals surface area (Å²) >= 11 is 0. The van der Waals surface area contributed by atoms with Crippen molar-refractivity contribution in [2.75, 3.05) is 0 Å². The molecule has 0 aliphatic heterocycles. The van der Waals surface area contributed by atoms with E-state index in [9.17, 15) is 0 Å². The molecule has 3 nitrogen and oxygen atoms in total. The molecule has 3 aromatic rings. The van der Waals surface area contributed by atoms with Crippen molar-refractivity contribution in [2.45, 2.75) is 39.0 Å². The predicted molar refractivity (Wildman–Crippen MR) is 121 cm³/mol. The van der Waals surface area contributed by atoms with Gasteiger partial charge >= 0.3 is 0 Å². The van der Waals surface area contributed by atoms with Gasteiger partial charge in [-0.05, 0) is 37.5 Å². The van der Waals surface area contributed by atoms with Crippen LogP contribution in [0.1, 0.15) is 36.1 Å². The Balaban J connectivity index is 0.000000226. The lowest BCUT2D eigenvalue weighted by molar-refractivity contribution is 0.687. The van der Waals surface area contributed by atoms with E-state index in [1.165, 1.54) is 5.56 Å².